The molecule has 1 aromatic rings. The molecule has 0 saturated carbocycles. The number of carbonyl (C=O) groups is 2. The highest BCUT2D eigenvalue weighted by atomic mass is 16.2. The molecule has 0 saturated heterocycles. The molecule has 1 atom stereocenters. The van der Waals surface area contributed by atoms with E-state index in [0.717, 1.165) is 24.1 Å². The van der Waals surface area contributed by atoms with Crippen LogP contribution in [-0.2, 0) is 11.2 Å². The van der Waals surface area contributed by atoms with Crippen LogP contribution in [0, 0.1) is 0 Å². The van der Waals surface area contributed by atoms with Crippen molar-refractivity contribution in [1.82, 2.24) is 9.80 Å². The Balaban J connectivity index is 2.60. The van der Waals surface area contributed by atoms with Crippen LogP contribution in [-0.4, -0.2) is 48.9 Å². The van der Waals surface area contributed by atoms with E-state index < -0.39 is 0 Å². The van der Waals surface area contributed by atoms with Crippen LogP contribution >= 0.6 is 0 Å². The first-order chi connectivity index (χ1) is 10.3. The average Bonchev–Trinajstić information content (AvgIpc) is 2.48. The maximum absolute atomic E-state index is 12.1. The van der Waals surface area contributed by atoms with Crippen LogP contribution in [0.1, 0.15) is 32.3 Å². The molecule has 0 heterocycles. The Kier molecular flexibility index (Phi) is 6.89. The second kappa shape index (κ2) is 8.41. The van der Waals surface area contributed by atoms with Gasteiger partial charge in [-0.25, -0.2) is 4.79 Å². The standard InChI is InChI=1S/C17H27N3O2/c1-6-7-13(2)20(5)17(22)18-15-10-8-14(9-11-15)12-16(21)19(3)4/h8-11,13H,6-7,12H2,1-5H3,(H,18,22). The van der Waals surface area contributed by atoms with Gasteiger partial charge in [-0.3, -0.25) is 4.79 Å². The van der Waals surface area contributed by atoms with Crippen LogP contribution in [0.3, 0.4) is 0 Å². The summed E-state index contributed by atoms with van der Waals surface area (Å²) >= 11 is 0. The molecule has 22 heavy (non-hydrogen) atoms. The molecular weight excluding hydrogens is 278 g/mol. The van der Waals surface area contributed by atoms with Gasteiger partial charge < -0.3 is 15.1 Å². The van der Waals surface area contributed by atoms with Crippen molar-refractivity contribution in [2.45, 2.75) is 39.2 Å². The number of urea groups is 1. The second-order valence-corrected chi connectivity index (χ2v) is 5.84. The van der Waals surface area contributed by atoms with Crippen LogP contribution in [0.5, 0.6) is 0 Å². The van der Waals surface area contributed by atoms with Gasteiger partial charge in [-0.1, -0.05) is 25.5 Å². The molecule has 5 heteroatoms. The van der Waals surface area contributed by atoms with Gasteiger partial charge in [-0.2, -0.15) is 0 Å². The highest BCUT2D eigenvalue weighted by Gasteiger charge is 2.15. The number of benzene rings is 1. The Morgan fingerprint density at radius 1 is 1.14 bits per heavy atom. The molecule has 5 nitrogen and oxygen atoms in total. The van der Waals surface area contributed by atoms with Crippen molar-refractivity contribution in [2.75, 3.05) is 26.5 Å². The predicted molar refractivity (Wildman–Crippen MR) is 90.0 cm³/mol. The lowest BCUT2D eigenvalue weighted by Crippen LogP contribution is -2.38. The highest BCUT2D eigenvalue weighted by Crippen LogP contribution is 2.13. The lowest BCUT2D eigenvalue weighted by atomic mass is 10.1. The maximum atomic E-state index is 12.1. The van der Waals surface area contributed by atoms with Crippen molar-refractivity contribution < 1.29 is 9.59 Å². The van der Waals surface area contributed by atoms with Crippen molar-refractivity contribution in [3.05, 3.63) is 29.8 Å². The Morgan fingerprint density at radius 2 is 1.73 bits per heavy atom. The summed E-state index contributed by atoms with van der Waals surface area (Å²) in [6, 6.07) is 7.49. The number of amides is 3. The van der Waals surface area contributed by atoms with E-state index in [0.29, 0.717) is 6.42 Å². The fraction of sp³-hybridized carbons (Fsp3) is 0.529. The summed E-state index contributed by atoms with van der Waals surface area (Å²) in [6.07, 6.45) is 2.40. The molecule has 1 rings (SSSR count). The molecule has 0 radical (unpaired) electrons. The topological polar surface area (TPSA) is 52.7 Å². The lowest BCUT2D eigenvalue weighted by molar-refractivity contribution is -0.127. The van der Waals surface area contributed by atoms with Gasteiger partial charge in [0.05, 0.1) is 6.42 Å². The number of nitrogens with zero attached hydrogens (tertiary/aromatic N) is 2. The molecule has 0 aliphatic carbocycles. The second-order valence-electron chi connectivity index (χ2n) is 5.84. The molecule has 0 aliphatic rings. The van der Waals surface area contributed by atoms with Crippen molar-refractivity contribution >= 4 is 17.6 Å². The minimum atomic E-state index is -0.113. The molecule has 0 aromatic heterocycles. The summed E-state index contributed by atoms with van der Waals surface area (Å²) < 4.78 is 0. The first-order valence-corrected chi connectivity index (χ1v) is 7.68. The van der Waals surface area contributed by atoms with Crippen LogP contribution in [0.15, 0.2) is 24.3 Å². The highest BCUT2D eigenvalue weighted by molar-refractivity contribution is 5.89. The number of carbonyl (C=O) groups excluding carboxylic acids is 2. The van der Waals surface area contributed by atoms with Crippen molar-refractivity contribution in [3.63, 3.8) is 0 Å². The van der Waals surface area contributed by atoms with Gasteiger partial charge in [0.2, 0.25) is 5.91 Å². The minimum absolute atomic E-state index is 0.0601. The van der Waals surface area contributed by atoms with E-state index in [1.54, 1.807) is 30.9 Å². The van der Waals surface area contributed by atoms with E-state index in [2.05, 4.69) is 12.2 Å². The molecule has 122 valence electrons. The zero-order valence-corrected chi connectivity index (χ0v) is 14.2. The van der Waals surface area contributed by atoms with Crippen molar-refractivity contribution in [3.8, 4) is 0 Å². The first-order valence-electron chi connectivity index (χ1n) is 7.68. The smallest absolute Gasteiger partial charge is 0.321 e. The maximum Gasteiger partial charge on any atom is 0.321 e. The van der Waals surface area contributed by atoms with Crippen LogP contribution < -0.4 is 5.32 Å². The lowest BCUT2D eigenvalue weighted by Gasteiger charge is -2.24. The van der Waals surface area contributed by atoms with Crippen molar-refractivity contribution in [1.29, 1.82) is 0 Å². The molecule has 1 aromatic carbocycles. The van der Waals surface area contributed by atoms with E-state index in [1.165, 1.54) is 0 Å². The molecule has 0 fully saturated rings. The molecule has 3 amide bonds. The van der Waals surface area contributed by atoms with Crippen LogP contribution in [0.25, 0.3) is 0 Å². The third-order valence-electron chi connectivity index (χ3n) is 3.75. The SMILES string of the molecule is CCCC(C)N(C)C(=O)Nc1ccc(CC(=O)N(C)C)cc1. The minimum Gasteiger partial charge on any atom is -0.349 e. The summed E-state index contributed by atoms with van der Waals surface area (Å²) in [4.78, 5) is 27.1. The van der Waals surface area contributed by atoms with Crippen molar-refractivity contribution in [2.24, 2.45) is 0 Å². The van der Waals surface area contributed by atoms with Gasteiger partial charge >= 0.3 is 6.03 Å². The number of likely N-dealkylation sites (N-methyl/N-ethyl adjacent to an activating group) is 1. The third kappa shape index (κ3) is 5.39. The number of rotatable bonds is 6. The summed E-state index contributed by atoms with van der Waals surface area (Å²) in [7, 11) is 5.29. The molecular formula is C17H27N3O2. The molecule has 0 bridgehead atoms. The largest absolute Gasteiger partial charge is 0.349 e. The number of nitrogens with one attached hydrogen (secondary N) is 1. The normalized spacial score (nSPS) is 11.7. The Bertz CT molecular complexity index is 497. The van der Waals surface area contributed by atoms with E-state index in [9.17, 15) is 9.59 Å². The fourth-order valence-electron chi connectivity index (χ4n) is 2.06. The molecule has 1 N–H and O–H groups in total. The first kappa shape index (κ1) is 18.0. The van der Waals surface area contributed by atoms with Gasteiger partial charge in [0.15, 0.2) is 0 Å². The monoisotopic (exact) mass is 305 g/mol. The Labute approximate surface area is 133 Å². The van der Waals surface area contributed by atoms with Crippen LogP contribution in [0.2, 0.25) is 0 Å². The molecule has 0 spiro atoms. The van der Waals surface area contributed by atoms with Gasteiger partial charge in [0.25, 0.3) is 0 Å². The van der Waals surface area contributed by atoms with E-state index in [4.69, 9.17) is 0 Å². The summed E-state index contributed by atoms with van der Waals surface area (Å²) in [5.74, 6) is 0.0601. The summed E-state index contributed by atoms with van der Waals surface area (Å²) in [5, 5.41) is 2.88. The van der Waals surface area contributed by atoms with E-state index in [-0.39, 0.29) is 18.0 Å². The summed E-state index contributed by atoms with van der Waals surface area (Å²) in [6.45, 7) is 4.15. The Morgan fingerprint density at radius 3 is 2.23 bits per heavy atom. The molecule has 1 unspecified atom stereocenters. The van der Waals surface area contributed by atoms with Gasteiger partial charge in [0.1, 0.15) is 0 Å². The van der Waals surface area contributed by atoms with Crippen LogP contribution in [0.4, 0.5) is 10.5 Å². The number of hydrogen-bond acceptors (Lipinski definition) is 2. The third-order valence-corrected chi connectivity index (χ3v) is 3.75. The Hall–Kier alpha value is -2.04. The fourth-order valence-corrected chi connectivity index (χ4v) is 2.06. The van der Waals surface area contributed by atoms with Gasteiger partial charge in [0, 0.05) is 32.9 Å². The number of hydrogen-bond donors (Lipinski definition) is 1. The number of anilines is 1. The van der Waals surface area contributed by atoms with Gasteiger partial charge in [-0.05, 0) is 31.0 Å². The van der Waals surface area contributed by atoms with E-state index >= 15 is 0 Å². The zero-order chi connectivity index (χ0) is 16.7. The van der Waals surface area contributed by atoms with Gasteiger partial charge in [-0.15, -0.1) is 0 Å². The molecule has 0 aliphatic heterocycles. The van der Waals surface area contributed by atoms with E-state index in [1.807, 2.05) is 31.2 Å². The zero-order valence-electron chi connectivity index (χ0n) is 14.2. The summed E-state index contributed by atoms with van der Waals surface area (Å²) in [5.41, 5.74) is 1.67. The average molecular weight is 305 g/mol. The predicted octanol–water partition coefficient (Wildman–Crippen LogP) is 2.97. The quantitative estimate of drug-likeness (QED) is 0.878.